The van der Waals surface area contributed by atoms with E-state index in [1.807, 2.05) is 43.3 Å². The predicted molar refractivity (Wildman–Crippen MR) is 113 cm³/mol. The molecule has 0 bridgehead atoms. The second-order valence-electron chi connectivity index (χ2n) is 6.91. The summed E-state index contributed by atoms with van der Waals surface area (Å²) in [5.41, 5.74) is 4.84. The van der Waals surface area contributed by atoms with E-state index >= 15 is 0 Å². The van der Waals surface area contributed by atoms with Gasteiger partial charge in [-0.15, -0.1) is 0 Å². The Labute approximate surface area is 171 Å². The summed E-state index contributed by atoms with van der Waals surface area (Å²) in [6.45, 7) is 5.29. The maximum absolute atomic E-state index is 12.4. The number of amides is 1. The van der Waals surface area contributed by atoms with Crippen molar-refractivity contribution < 1.29 is 9.53 Å². The molecule has 0 radical (unpaired) electrons. The van der Waals surface area contributed by atoms with Crippen LogP contribution in [0.3, 0.4) is 0 Å². The third-order valence-corrected chi connectivity index (χ3v) is 5.11. The molecule has 1 amide bonds. The monoisotopic (exact) mass is 399 g/mol. The Morgan fingerprint density at radius 1 is 1.18 bits per heavy atom. The standard InChI is InChI=1S/C22H26ClN3O2/c1-2-28-21-9-5-17(6-10-21)15-24-25-22(27)19-11-13-26(14-12-19)16-18-3-7-20(23)8-4-18/h3-10,15,19H,2,11-14,16H2,1H3,(H,25,27)/b24-15-. The number of nitrogens with one attached hydrogen (secondary N) is 1. The molecule has 1 fully saturated rings. The van der Waals surface area contributed by atoms with Gasteiger partial charge in [0.15, 0.2) is 0 Å². The van der Waals surface area contributed by atoms with E-state index in [1.54, 1.807) is 6.21 Å². The van der Waals surface area contributed by atoms with Crippen LogP contribution in [0.4, 0.5) is 0 Å². The summed E-state index contributed by atoms with van der Waals surface area (Å²) in [5.74, 6) is 0.835. The molecular formula is C22H26ClN3O2. The molecule has 5 nitrogen and oxygen atoms in total. The lowest BCUT2D eigenvalue weighted by molar-refractivity contribution is -0.126. The second kappa shape index (κ2) is 10.2. The zero-order chi connectivity index (χ0) is 19.8. The highest BCUT2D eigenvalue weighted by Crippen LogP contribution is 2.20. The summed E-state index contributed by atoms with van der Waals surface area (Å²) in [7, 11) is 0. The van der Waals surface area contributed by atoms with E-state index in [9.17, 15) is 4.79 Å². The molecule has 1 aliphatic rings. The molecule has 28 heavy (non-hydrogen) atoms. The summed E-state index contributed by atoms with van der Waals surface area (Å²) >= 11 is 5.93. The van der Waals surface area contributed by atoms with Crippen LogP contribution in [0, 0.1) is 5.92 Å². The number of piperidine rings is 1. The van der Waals surface area contributed by atoms with Crippen molar-refractivity contribution >= 4 is 23.7 Å². The number of rotatable bonds is 7. The lowest BCUT2D eigenvalue weighted by Gasteiger charge is -2.30. The molecule has 0 atom stereocenters. The molecule has 2 aromatic rings. The van der Waals surface area contributed by atoms with Gasteiger partial charge in [-0.05, 0) is 80.4 Å². The first-order valence-corrected chi connectivity index (χ1v) is 10.0. The number of hydrogen-bond donors (Lipinski definition) is 1. The van der Waals surface area contributed by atoms with Gasteiger partial charge >= 0.3 is 0 Å². The first kappa shape index (κ1) is 20.4. The third kappa shape index (κ3) is 6.08. The largest absolute Gasteiger partial charge is 0.494 e. The lowest BCUT2D eigenvalue weighted by atomic mass is 9.96. The Hall–Kier alpha value is -2.37. The number of carbonyl (C=O) groups excluding carboxylic acids is 1. The Morgan fingerprint density at radius 3 is 2.50 bits per heavy atom. The van der Waals surface area contributed by atoms with Gasteiger partial charge in [-0.3, -0.25) is 9.69 Å². The normalized spacial score (nSPS) is 15.6. The van der Waals surface area contributed by atoms with E-state index < -0.39 is 0 Å². The van der Waals surface area contributed by atoms with Crippen molar-refractivity contribution in [3.05, 3.63) is 64.7 Å². The molecule has 2 aromatic carbocycles. The third-order valence-electron chi connectivity index (χ3n) is 4.86. The van der Waals surface area contributed by atoms with Crippen LogP contribution in [-0.2, 0) is 11.3 Å². The summed E-state index contributed by atoms with van der Waals surface area (Å²) < 4.78 is 5.41. The Kier molecular flexibility index (Phi) is 7.46. The van der Waals surface area contributed by atoms with Gasteiger partial charge in [0, 0.05) is 17.5 Å². The van der Waals surface area contributed by atoms with Crippen LogP contribution in [0.1, 0.15) is 30.9 Å². The van der Waals surface area contributed by atoms with Gasteiger partial charge in [0.25, 0.3) is 0 Å². The second-order valence-corrected chi connectivity index (χ2v) is 7.35. The van der Waals surface area contributed by atoms with Gasteiger partial charge in [-0.2, -0.15) is 5.10 Å². The molecule has 1 N–H and O–H groups in total. The summed E-state index contributed by atoms with van der Waals surface area (Å²) in [6, 6.07) is 15.5. The average Bonchev–Trinajstić information content (AvgIpc) is 2.72. The molecule has 1 saturated heterocycles. The van der Waals surface area contributed by atoms with Crippen LogP contribution in [-0.4, -0.2) is 36.7 Å². The van der Waals surface area contributed by atoms with Crippen LogP contribution < -0.4 is 10.2 Å². The van der Waals surface area contributed by atoms with Crippen molar-refractivity contribution in [3.8, 4) is 5.75 Å². The topological polar surface area (TPSA) is 53.9 Å². The van der Waals surface area contributed by atoms with Crippen LogP contribution in [0.5, 0.6) is 5.75 Å². The van der Waals surface area contributed by atoms with Crippen molar-refractivity contribution in [1.82, 2.24) is 10.3 Å². The van der Waals surface area contributed by atoms with Gasteiger partial charge in [-0.25, -0.2) is 5.43 Å². The van der Waals surface area contributed by atoms with Gasteiger partial charge < -0.3 is 4.74 Å². The number of nitrogens with zero attached hydrogens (tertiary/aromatic N) is 2. The minimum absolute atomic E-state index is 0.00618. The predicted octanol–water partition coefficient (Wildman–Crippen LogP) is 4.10. The molecule has 6 heteroatoms. The average molecular weight is 400 g/mol. The molecule has 0 saturated carbocycles. The fraction of sp³-hybridized carbons (Fsp3) is 0.364. The summed E-state index contributed by atoms with van der Waals surface area (Å²) in [5, 5.41) is 4.85. The molecule has 0 aliphatic carbocycles. The molecule has 0 aromatic heterocycles. The van der Waals surface area contributed by atoms with Gasteiger partial charge in [0.05, 0.1) is 12.8 Å². The van der Waals surface area contributed by atoms with Crippen LogP contribution >= 0.6 is 11.6 Å². The maximum atomic E-state index is 12.4. The number of benzene rings is 2. The van der Waals surface area contributed by atoms with Crippen LogP contribution in [0.15, 0.2) is 53.6 Å². The summed E-state index contributed by atoms with van der Waals surface area (Å²) in [4.78, 5) is 14.7. The van der Waals surface area contributed by atoms with Crippen molar-refractivity contribution in [2.24, 2.45) is 11.0 Å². The van der Waals surface area contributed by atoms with Gasteiger partial charge in [-0.1, -0.05) is 23.7 Å². The van der Waals surface area contributed by atoms with E-state index in [0.717, 1.165) is 48.8 Å². The quantitative estimate of drug-likeness (QED) is 0.563. The number of halogens is 1. The minimum Gasteiger partial charge on any atom is -0.494 e. The number of likely N-dealkylation sites (tertiary alicyclic amines) is 1. The molecule has 1 heterocycles. The van der Waals surface area contributed by atoms with Crippen molar-refractivity contribution in [1.29, 1.82) is 0 Å². The van der Waals surface area contributed by atoms with Crippen molar-refractivity contribution in [3.63, 3.8) is 0 Å². The number of hydrazone groups is 1. The highest BCUT2D eigenvalue weighted by Gasteiger charge is 2.24. The highest BCUT2D eigenvalue weighted by molar-refractivity contribution is 6.30. The fourth-order valence-corrected chi connectivity index (χ4v) is 3.41. The zero-order valence-electron chi connectivity index (χ0n) is 16.1. The van der Waals surface area contributed by atoms with Gasteiger partial charge in [0.2, 0.25) is 5.91 Å². The Morgan fingerprint density at radius 2 is 1.86 bits per heavy atom. The van der Waals surface area contributed by atoms with E-state index in [0.29, 0.717) is 6.61 Å². The van der Waals surface area contributed by atoms with Crippen molar-refractivity contribution in [2.75, 3.05) is 19.7 Å². The van der Waals surface area contributed by atoms with E-state index in [-0.39, 0.29) is 11.8 Å². The fourth-order valence-electron chi connectivity index (χ4n) is 3.28. The molecular weight excluding hydrogens is 374 g/mol. The number of ether oxygens (including phenoxy) is 1. The zero-order valence-corrected chi connectivity index (χ0v) is 16.9. The summed E-state index contributed by atoms with van der Waals surface area (Å²) in [6.07, 6.45) is 3.35. The molecule has 148 valence electrons. The maximum Gasteiger partial charge on any atom is 0.243 e. The van der Waals surface area contributed by atoms with Crippen LogP contribution in [0.2, 0.25) is 5.02 Å². The smallest absolute Gasteiger partial charge is 0.243 e. The lowest BCUT2D eigenvalue weighted by Crippen LogP contribution is -2.39. The van der Waals surface area contributed by atoms with Gasteiger partial charge in [0.1, 0.15) is 5.75 Å². The first-order chi connectivity index (χ1) is 13.6. The van der Waals surface area contributed by atoms with E-state index in [1.165, 1.54) is 5.56 Å². The number of carbonyl (C=O) groups is 1. The highest BCUT2D eigenvalue weighted by atomic mass is 35.5. The Balaban J connectivity index is 1.41. The SMILES string of the molecule is CCOc1ccc(/C=N\NC(=O)C2CCN(Cc3ccc(Cl)cc3)CC2)cc1. The first-order valence-electron chi connectivity index (χ1n) is 9.66. The van der Waals surface area contributed by atoms with Crippen molar-refractivity contribution in [2.45, 2.75) is 26.3 Å². The molecule has 1 aliphatic heterocycles. The Bertz CT molecular complexity index is 782. The molecule has 0 spiro atoms. The van der Waals surface area contributed by atoms with E-state index in [4.69, 9.17) is 16.3 Å². The molecule has 0 unspecified atom stereocenters. The number of hydrogen-bond acceptors (Lipinski definition) is 4. The minimum atomic E-state index is -0.00618. The van der Waals surface area contributed by atoms with E-state index in [2.05, 4.69) is 27.6 Å². The molecule has 3 rings (SSSR count). The van der Waals surface area contributed by atoms with Crippen LogP contribution in [0.25, 0.3) is 0 Å².